The van der Waals surface area contributed by atoms with Gasteiger partial charge in [0.15, 0.2) is 0 Å². The Morgan fingerprint density at radius 1 is 1.31 bits per heavy atom. The Labute approximate surface area is 100 Å². The maximum Gasteiger partial charge on any atom is 0.0576 e. The molecule has 1 saturated heterocycles. The molecule has 1 saturated carbocycles. The summed E-state index contributed by atoms with van der Waals surface area (Å²) in [6.45, 7) is 5.70. The van der Waals surface area contributed by atoms with Gasteiger partial charge in [-0.1, -0.05) is 6.92 Å². The molecule has 16 heavy (non-hydrogen) atoms. The van der Waals surface area contributed by atoms with Gasteiger partial charge in [0.2, 0.25) is 0 Å². The molecule has 2 heteroatoms. The van der Waals surface area contributed by atoms with Gasteiger partial charge in [-0.2, -0.15) is 0 Å². The van der Waals surface area contributed by atoms with Crippen LogP contribution in [0.1, 0.15) is 58.8 Å². The summed E-state index contributed by atoms with van der Waals surface area (Å²) < 4.78 is 5.66. The predicted octanol–water partition coefficient (Wildman–Crippen LogP) is 3.11. The molecule has 0 radical (unpaired) electrons. The van der Waals surface area contributed by atoms with E-state index >= 15 is 0 Å². The molecule has 1 aliphatic carbocycles. The second-order valence-electron chi connectivity index (χ2n) is 5.90. The third-order valence-electron chi connectivity index (χ3n) is 4.16. The summed E-state index contributed by atoms with van der Waals surface area (Å²) in [5, 5.41) is 3.78. The van der Waals surface area contributed by atoms with Crippen molar-refractivity contribution in [3.05, 3.63) is 0 Å². The lowest BCUT2D eigenvalue weighted by atomic mass is 10.1. The van der Waals surface area contributed by atoms with Gasteiger partial charge in [-0.15, -0.1) is 0 Å². The van der Waals surface area contributed by atoms with Crippen LogP contribution in [-0.2, 0) is 4.74 Å². The van der Waals surface area contributed by atoms with E-state index in [9.17, 15) is 0 Å². The average Bonchev–Trinajstić information content (AvgIpc) is 2.87. The third kappa shape index (κ3) is 3.74. The fourth-order valence-corrected chi connectivity index (χ4v) is 3.15. The molecular weight excluding hydrogens is 198 g/mol. The van der Waals surface area contributed by atoms with Crippen molar-refractivity contribution in [2.75, 3.05) is 6.61 Å². The third-order valence-corrected chi connectivity index (χ3v) is 4.16. The van der Waals surface area contributed by atoms with E-state index in [2.05, 4.69) is 19.2 Å². The lowest BCUT2D eigenvalue weighted by Crippen LogP contribution is -2.35. The molecule has 4 atom stereocenters. The van der Waals surface area contributed by atoms with Crippen LogP contribution < -0.4 is 5.32 Å². The summed E-state index contributed by atoms with van der Waals surface area (Å²) in [5.41, 5.74) is 0. The molecule has 0 aromatic heterocycles. The molecular formula is C14H27NO. The molecule has 0 bridgehead atoms. The van der Waals surface area contributed by atoms with Crippen LogP contribution in [0.3, 0.4) is 0 Å². The molecule has 1 N–H and O–H groups in total. The molecule has 94 valence electrons. The van der Waals surface area contributed by atoms with Crippen LogP contribution in [0.25, 0.3) is 0 Å². The highest BCUT2D eigenvalue weighted by Crippen LogP contribution is 2.25. The molecule has 1 aliphatic heterocycles. The lowest BCUT2D eigenvalue weighted by Gasteiger charge is -2.20. The summed E-state index contributed by atoms with van der Waals surface area (Å²) >= 11 is 0. The smallest absolute Gasteiger partial charge is 0.0576 e. The molecule has 2 nitrogen and oxygen atoms in total. The van der Waals surface area contributed by atoms with E-state index in [-0.39, 0.29) is 0 Å². The fourth-order valence-electron chi connectivity index (χ4n) is 3.15. The van der Waals surface area contributed by atoms with Gasteiger partial charge in [-0.25, -0.2) is 0 Å². The van der Waals surface area contributed by atoms with E-state index < -0.39 is 0 Å². The largest absolute Gasteiger partial charge is 0.378 e. The Hall–Kier alpha value is -0.0800. The van der Waals surface area contributed by atoms with Crippen LogP contribution in [-0.4, -0.2) is 24.8 Å². The van der Waals surface area contributed by atoms with Crippen molar-refractivity contribution in [2.45, 2.75) is 77.0 Å². The Bertz CT molecular complexity index is 201. The SMILES string of the molecule is CC1CCC(NC(C)CCC2CCCO2)C1. The number of hydrogen-bond acceptors (Lipinski definition) is 2. The van der Waals surface area contributed by atoms with Gasteiger partial charge in [0, 0.05) is 18.7 Å². The second-order valence-corrected chi connectivity index (χ2v) is 5.90. The number of hydrogen-bond donors (Lipinski definition) is 1. The first kappa shape index (κ1) is 12.4. The number of rotatable bonds is 5. The highest BCUT2D eigenvalue weighted by molar-refractivity contribution is 4.81. The van der Waals surface area contributed by atoms with Gasteiger partial charge in [0.1, 0.15) is 0 Å². The van der Waals surface area contributed by atoms with Crippen molar-refractivity contribution in [3.63, 3.8) is 0 Å². The predicted molar refractivity (Wildman–Crippen MR) is 67.6 cm³/mol. The van der Waals surface area contributed by atoms with Gasteiger partial charge in [0.05, 0.1) is 6.10 Å². The Balaban J connectivity index is 1.58. The second kappa shape index (κ2) is 6.02. The van der Waals surface area contributed by atoms with Crippen LogP contribution in [0.4, 0.5) is 0 Å². The molecule has 1 heterocycles. The zero-order valence-corrected chi connectivity index (χ0v) is 10.9. The van der Waals surface area contributed by atoms with Crippen LogP contribution in [0.15, 0.2) is 0 Å². The first-order valence-electron chi connectivity index (χ1n) is 7.11. The quantitative estimate of drug-likeness (QED) is 0.776. The molecule has 0 aromatic carbocycles. The lowest BCUT2D eigenvalue weighted by molar-refractivity contribution is 0.0997. The van der Waals surface area contributed by atoms with Crippen molar-refractivity contribution >= 4 is 0 Å². The zero-order chi connectivity index (χ0) is 11.4. The summed E-state index contributed by atoms with van der Waals surface area (Å²) in [7, 11) is 0. The van der Waals surface area contributed by atoms with Crippen molar-refractivity contribution < 1.29 is 4.74 Å². The summed E-state index contributed by atoms with van der Waals surface area (Å²) in [5.74, 6) is 0.933. The van der Waals surface area contributed by atoms with Crippen molar-refractivity contribution in [1.29, 1.82) is 0 Å². The molecule has 0 aromatic rings. The monoisotopic (exact) mass is 225 g/mol. The molecule has 2 aliphatic rings. The maximum absolute atomic E-state index is 5.66. The van der Waals surface area contributed by atoms with Gasteiger partial charge in [-0.3, -0.25) is 0 Å². The molecule has 2 fully saturated rings. The Kier molecular flexibility index (Phi) is 4.66. The van der Waals surface area contributed by atoms with Crippen molar-refractivity contribution in [2.24, 2.45) is 5.92 Å². The van der Waals surface area contributed by atoms with Crippen LogP contribution in [0.5, 0.6) is 0 Å². The van der Waals surface area contributed by atoms with E-state index in [4.69, 9.17) is 4.74 Å². The minimum atomic E-state index is 0.562. The van der Waals surface area contributed by atoms with Crippen LogP contribution >= 0.6 is 0 Å². The molecule has 0 amide bonds. The Morgan fingerprint density at radius 2 is 2.19 bits per heavy atom. The first-order chi connectivity index (χ1) is 7.74. The fraction of sp³-hybridized carbons (Fsp3) is 1.00. The summed E-state index contributed by atoms with van der Waals surface area (Å²) in [6, 6.07) is 1.45. The highest BCUT2D eigenvalue weighted by Gasteiger charge is 2.23. The topological polar surface area (TPSA) is 21.3 Å². The number of nitrogens with one attached hydrogen (secondary N) is 1. The van der Waals surface area contributed by atoms with Gasteiger partial charge < -0.3 is 10.1 Å². The first-order valence-corrected chi connectivity index (χ1v) is 7.11. The van der Waals surface area contributed by atoms with Crippen molar-refractivity contribution in [1.82, 2.24) is 5.32 Å². The minimum Gasteiger partial charge on any atom is -0.378 e. The molecule has 4 unspecified atom stereocenters. The van der Waals surface area contributed by atoms with E-state index in [1.165, 1.54) is 44.9 Å². The van der Waals surface area contributed by atoms with Crippen molar-refractivity contribution in [3.8, 4) is 0 Å². The summed E-state index contributed by atoms with van der Waals surface area (Å²) in [6.07, 6.45) is 9.81. The van der Waals surface area contributed by atoms with E-state index in [1.54, 1.807) is 0 Å². The maximum atomic E-state index is 5.66. The van der Waals surface area contributed by atoms with E-state index in [0.717, 1.165) is 18.6 Å². The summed E-state index contributed by atoms with van der Waals surface area (Å²) in [4.78, 5) is 0. The minimum absolute atomic E-state index is 0.562. The van der Waals surface area contributed by atoms with Gasteiger partial charge in [0.25, 0.3) is 0 Å². The molecule has 0 spiro atoms. The van der Waals surface area contributed by atoms with Gasteiger partial charge in [-0.05, 0) is 57.8 Å². The Morgan fingerprint density at radius 3 is 2.81 bits per heavy atom. The van der Waals surface area contributed by atoms with Crippen LogP contribution in [0.2, 0.25) is 0 Å². The van der Waals surface area contributed by atoms with E-state index in [0.29, 0.717) is 12.1 Å². The average molecular weight is 225 g/mol. The van der Waals surface area contributed by atoms with E-state index in [1.807, 2.05) is 0 Å². The highest BCUT2D eigenvalue weighted by atomic mass is 16.5. The zero-order valence-electron chi connectivity index (χ0n) is 10.9. The standard InChI is InChI=1S/C14H27NO/c1-11-5-7-13(10-11)15-12(2)6-8-14-4-3-9-16-14/h11-15H,3-10H2,1-2H3. The van der Waals surface area contributed by atoms with Gasteiger partial charge >= 0.3 is 0 Å². The normalized spacial score (nSPS) is 36.8. The van der Waals surface area contributed by atoms with Crippen LogP contribution in [0, 0.1) is 5.92 Å². The number of ether oxygens (including phenoxy) is 1. The molecule has 2 rings (SSSR count).